The fourth-order valence-electron chi connectivity index (χ4n) is 2.19. The fourth-order valence-corrected chi connectivity index (χ4v) is 2.19. The van der Waals surface area contributed by atoms with E-state index < -0.39 is 17.8 Å². The van der Waals surface area contributed by atoms with Crippen LogP contribution in [0.15, 0.2) is 24.3 Å². The molecule has 1 fully saturated rings. The lowest BCUT2D eigenvalue weighted by Gasteiger charge is -2.24. The zero-order valence-corrected chi connectivity index (χ0v) is 10.9. The van der Waals surface area contributed by atoms with Crippen LogP contribution in [-0.2, 0) is 11.0 Å². The Bertz CT molecular complexity index is 478. The summed E-state index contributed by atoms with van der Waals surface area (Å²) in [6.45, 7) is 0. The monoisotopic (exact) mass is 271 g/mol. The van der Waals surface area contributed by atoms with Crippen molar-refractivity contribution in [1.29, 1.82) is 0 Å². The van der Waals surface area contributed by atoms with Gasteiger partial charge in [0.2, 0.25) is 0 Å². The average Bonchev–Trinajstić information content (AvgIpc) is 3.11. The molecule has 1 aromatic carbocycles. The summed E-state index contributed by atoms with van der Waals surface area (Å²) in [5.41, 5.74) is -0.294. The Labute approximate surface area is 110 Å². The Morgan fingerprint density at radius 2 is 1.95 bits per heavy atom. The lowest BCUT2D eigenvalue weighted by atomic mass is 9.97. The highest BCUT2D eigenvalue weighted by Crippen LogP contribution is 2.37. The molecule has 0 saturated heterocycles. The lowest BCUT2D eigenvalue weighted by Crippen LogP contribution is -2.29. The van der Waals surface area contributed by atoms with Crippen LogP contribution in [0.1, 0.15) is 30.0 Å². The summed E-state index contributed by atoms with van der Waals surface area (Å²) in [7, 11) is 3.43. The predicted octanol–water partition coefficient (Wildman–Crippen LogP) is 3.29. The van der Waals surface area contributed by atoms with Gasteiger partial charge in [0.25, 0.3) is 0 Å². The van der Waals surface area contributed by atoms with E-state index in [1.54, 1.807) is 25.1 Å². The molecule has 2 nitrogen and oxygen atoms in total. The van der Waals surface area contributed by atoms with Crippen molar-refractivity contribution < 1.29 is 18.0 Å². The Kier molecular flexibility index (Phi) is 3.67. The minimum absolute atomic E-state index is 0.0157. The number of carbonyl (C=O) groups is 1. The molecule has 1 atom stereocenters. The molecule has 1 aliphatic rings. The summed E-state index contributed by atoms with van der Waals surface area (Å²) in [6, 6.07) is 4.45. The molecule has 0 bridgehead atoms. The third-order valence-electron chi connectivity index (χ3n) is 3.30. The highest BCUT2D eigenvalue weighted by molar-refractivity contribution is 5.89. The molecule has 1 aliphatic carbocycles. The molecule has 104 valence electrons. The average molecular weight is 271 g/mol. The normalized spacial score (nSPS) is 17.6. The smallest absolute Gasteiger partial charge is 0.297 e. The van der Waals surface area contributed by atoms with Crippen LogP contribution in [0.2, 0.25) is 0 Å². The Balaban J connectivity index is 2.34. The first kappa shape index (κ1) is 14.1. The molecule has 0 heterocycles. The van der Waals surface area contributed by atoms with Crippen LogP contribution >= 0.6 is 0 Å². The van der Waals surface area contributed by atoms with Gasteiger partial charge < -0.3 is 0 Å². The summed E-state index contributed by atoms with van der Waals surface area (Å²) >= 11 is 0. The van der Waals surface area contributed by atoms with Crippen LogP contribution in [0.5, 0.6) is 0 Å². The van der Waals surface area contributed by atoms with Gasteiger partial charge in [0.15, 0.2) is 5.78 Å². The van der Waals surface area contributed by atoms with E-state index in [0.29, 0.717) is 5.56 Å². The number of benzene rings is 1. The molecule has 2 rings (SSSR count). The van der Waals surface area contributed by atoms with E-state index in [0.717, 1.165) is 25.0 Å². The molecular weight excluding hydrogens is 255 g/mol. The standard InChI is InChI=1S/C14H16F3NO/c1-18(2)12(13(19)9-6-7-9)10-4-3-5-11(8-10)14(15,16)17/h3-5,8-9,12H,6-7H2,1-2H3. The maximum absolute atomic E-state index is 12.7. The van der Waals surface area contributed by atoms with E-state index in [1.165, 1.54) is 6.07 Å². The van der Waals surface area contributed by atoms with Gasteiger partial charge in [-0.1, -0.05) is 12.1 Å². The maximum Gasteiger partial charge on any atom is 0.416 e. The van der Waals surface area contributed by atoms with Crippen molar-refractivity contribution in [3.05, 3.63) is 35.4 Å². The van der Waals surface area contributed by atoms with E-state index in [-0.39, 0.29) is 11.7 Å². The Hall–Kier alpha value is -1.36. The summed E-state index contributed by atoms with van der Waals surface area (Å²) < 4.78 is 38.1. The highest BCUT2D eigenvalue weighted by atomic mass is 19.4. The summed E-state index contributed by atoms with van der Waals surface area (Å²) in [6.07, 6.45) is -2.68. The predicted molar refractivity (Wildman–Crippen MR) is 65.6 cm³/mol. The van der Waals surface area contributed by atoms with Crippen LogP contribution < -0.4 is 0 Å². The van der Waals surface area contributed by atoms with Crippen LogP contribution in [0, 0.1) is 5.92 Å². The number of likely N-dealkylation sites (N-methyl/N-ethyl adjacent to an activating group) is 1. The first-order valence-electron chi connectivity index (χ1n) is 6.18. The number of nitrogens with zero attached hydrogens (tertiary/aromatic N) is 1. The molecule has 5 heteroatoms. The van der Waals surface area contributed by atoms with E-state index in [1.807, 2.05) is 0 Å². The SMILES string of the molecule is CN(C)C(C(=O)C1CC1)c1cccc(C(F)(F)F)c1. The number of hydrogen-bond donors (Lipinski definition) is 0. The van der Waals surface area contributed by atoms with Crippen molar-refractivity contribution in [2.24, 2.45) is 5.92 Å². The van der Waals surface area contributed by atoms with Gasteiger partial charge in [0, 0.05) is 5.92 Å². The highest BCUT2D eigenvalue weighted by Gasteiger charge is 2.37. The van der Waals surface area contributed by atoms with Crippen LogP contribution in [0.25, 0.3) is 0 Å². The second-order valence-corrected chi connectivity index (χ2v) is 5.17. The fraction of sp³-hybridized carbons (Fsp3) is 0.500. The van der Waals surface area contributed by atoms with E-state index in [4.69, 9.17) is 0 Å². The largest absolute Gasteiger partial charge is 0.416 e. The van der Waals surface area contributed by atoms with Gasteiger partial charge >= 0.3 is 6.18 Å². The molecule has 0 amide bonds. The molecule has 0 spiro atoms. The number of alkyl halides is 3. The second kappa shape index (κ2) is 4.96. The van der Waals surface area contributed by atoms with Gasteiger partial charge in [0.05, 0.1) is 11.6 Å². The first-order chi connectivity index (χ1) is 8.80. The van der Waals surface area contributed by atoms with E-state index >= 15 is 0 Å². The number of halogens is 3. The quantitative estimate of drug-likeness (QED) is 0.837. The molecule has 0 N–H and O–H groups in total. The summed E-state index contributed by atoms with van der Waals surface area (Å²) in [4.78, 5) is 13.9. The number of hydrogen-bond acceptors (Lipinski definition) is 2. The van der Waals surface area contributed by atoms with E-state index in [9.17, 15) is 18.0 Å². The van der Waals surface area contributed by atoms with Crippen molar-refractivity contribution >= 4 is 5.78 Å². The molecule has 0 aromatic heterocycles. The number of rotatable bonds is 4. The summed E-state index contributed by atoms with van der Waals surface area (Å²) in [5.74, 6) is 0.0336. The molecule has 0 aliphatic heterocycles. The Morgan fingerprint density at radius 1 is 1.32 bits per heavy atom. The van der Waals surface area contributed by atoms with Gasteiger partial charge in [-0.25, -0.2) is 0 Å². The summed E-state index contributed by atoms with van der Waals surface area (Å²) in [5, 5.41) is 0. The van der Waals surface area contributed by atoms with Gasteiger partial charge in [0.1, 0.15) is 0 Å². The van der Waals surface area contributed by atoms with E-state index in [2.05, 4.69) is 0 Å². The van der Waals surface area contributed by atoms with Crippen molar-refractivity contribution in [2.75, 3.05) is 14.1 Å². The van der Waals surface area contributed by atoms with Crippen LogP contribution in [-0.4, -0.2) is 24.8 Å². The van der Waals surface area contributed by atoms with Crippen molar-refractivity contribution in [3.8, 4) is 0 Å². The lowest BCUT2D eigenvalue weighted by molar-refractivity contribution is -0.137. The van der Waals surface area contributed by atoms with Gasteiger partial charge in [-0.2, -0.15) is 13.2 Å². The van der Waals surface area contributed by atoms with Crippen molar-refractivity contribution in [1.82, 2.24) is 4.90 Å². The molecule has 1 aromatic rings. The minimum atomic E-state index is -4.38. The number of carbonyl (C=O) groups excluding carboxylic acids is 1. The maximum atomic E-state index is 12.7. The second-order valence-electron chi connectivity index (χ2n) is 5.17. The van der Waals surface area contributed by atoms with Crippen molar-refractivity contribution in [2.45, 2.75) is 25.1 Å². The molecule has 19 heavy (non-hydrogen) atoms. The minimum Gasteiger partial charge on any atom is -0.297 e. The first-order valence-corrected chi connectivity index (χ1v) is 6.18. The van der Waals surface area contributed by atoms with Crippen LogP contribution in [0.4, 0.5) is 13.2 Å². The van der Waals surface area contributed by atoms with Gasteiger partial charge in [-0.05, 0) is 44.6 Å². The number of Topliss-reactive ketones (excluding diaryl/α,β-unsaturated/α-hetero) is 1. The number of ketones is 1. The third kappa shape index (κ3) is 3.15. The van der Waals surface area contributed by atoms with Crippen LogP contribution in [0.3, 0.4) is 0 Å². The molecule has 1 saturated carbocycles. The van der Waals surface area contributed by atoms with Gasteiger partial charge in [-0.3, -0.25) is 9.69 Å². The zero-order valence-electron chi connectivity index (χ0n) is 10.9. The third-order valence-corrected chi connectivity index (χ3v) is 3.30. The molecular formula is C14H16F3NO. The molecule has 0 radical (unpaired) electrons. The van der Waals surface area contributed by atoms with Gasteiger partial charge in [-0.15, -0.1) is 0 Å². The molecule has 1 unspecified atom stereocenters. The topological polar surface area (TPSA) is 20.3 Å². The zero-order chi connectivity index (χ0) is 14.2. The van der Waals surface area contributed by atoms with Crippen molar-refractivity contribution in [3.63, 3.8) is 0 Å². The Morgan fingerprint density at radius 3 is 2.42 bits per heavy atom.